The van der Waals surface area contributed by atoms with E-state index in [9.17, 15) is 31.5 Å². The van der Waals surface area contributed by atoms with E-state index in [4.69, 9.17) is 14.2 Å². The zero-order valence-corrected chi connectivity index (χ0v) is 22.7. The number of anilines is 1. The summed E-state index contributed by atoms with van der Waals surface area (Å²) in [6.45, 7) is 9.02. The summed E-state index contributed by atoms with van der Waals surface area (Å²) in [5.74, 6) is -0.265. The molecule has 3 N–H and O–H groups in total. The Morgan fingerprint density at radius 3 is 2.36 bits per heavy atom. The molecule has 2 aliphatic heterocycles. The van der Waals surface area contributed by atoms with Gasteiger partial charge in [-0.2, -0.15) is 18.2 Å². The summed E-state index contributed by atoms with van der Waals surface area (Å²) in [5, 5.41) is 11.6. The number of imidazole rings is 1. The van der Waals surface area contributed by atoms with Crippen molar-refractivity contribution in [3.8, 4) is 0 Å². The lowest BCUT2D eigenvalue weighted by Crippen LogP contribution is -2.60. The number of ether oxygens (including phenoxy) is 3. The number of nitrogens with zero attached hydrogens (tertiary/aromatic N) is 3. The van der Waals surface area contributed by atoms with Crippen LogP contribution in [0.1, 0.15) is 47.8 Å². The van der Waals surface area contributed by atoms with Crippen molar-refractivity contribution in [2.24, 2.45) is 0 Å². The minimum absolute atomic E-state index is 0.00840. The molecule has 0 aromatic carbocycles. The Morgan fingerprint density at radius 2 is 1.81 bits per heavy atom. The second-order valence-corrected chi connectivity index (χ2v) is 14.1. The second-order valence-electron chi connectivity index (χ2n) is 10.6. The van der Waals surface area contributed by atoms with Crippen LogP contribution in [0.2, 0.25) is 0 Å². The largest absolute Gasteiger partial charge is 0.500 e. The number of aromatic nitrogens is 4. The van der Waals surface area contributed by atoms with Crippen LogP contribution in [0.5, 0.6) is 0 Å². The molecule has 4 heterocycles. The van der Waals surface area contributed by atoms with Gasteiger partial charge >= 0.3 is 5.51 Å². The number of fused-ring (bicyclic) bond motifs is 2. The molecule has 17 heteroatoms. The molecule has 0 saturated carbocycles. The molecule has 0 radical (unpaired) electrons. The SMILES string of the molecule is CC(C)(C)OC[C@H]1OC(n2c3nc4nc([nH]c4c2=O)[SiH2]N3)[C@](O)(S(=O)(=O)C(F)(F)F)[C@@H]1OC(C)(C)C. The molecule has 2 aliphatic rings. The molecule has 36 heavy (non-hydrogen) atoms. The second kappa shape index (κ2) is 8.22. The van der Waals surface area contributed by atoms with Crippen LogP contribution < -0.4 is 16.0 Å². The van der Waals surface area contributed by atoms with Gasteiger partial charge in [0.25, 0.3) is 15.4 Å². The van der Waals surface area contributed by atoms with E-state index in [-0.39, 0.29) is 17.1 Å². The summed E-state index contributed by atoms with van der Waals surface area (Å²) in [5.41, 5.74) is -8.56. The summed E-state index contributed by atoms with van der Waals surface area (Å²) in [6, 6.07) is 0. The third kappa shape index (κ3) is 4.34. The van der Waals surface area contributed by atoms with Gasteiger partial charge in [0.2, 0.25) is 10.9 Å². The van der Waals surface area contributed by atoms with Gasteiger partial charge in [-0.25, -0.2) is 18.0 Å². The average Bonchev–Trinajstić information content (AvgIpc) is 3.15. The van der Waals surface area contributed by atoms with Crippen LogP contribution in [0.25, 0.3) is 11.2 Å². The number of aromatic amines is 1. The number of halogens is 3. The van der Waals surface area contributed by atoms with Crippen molar-refractivity contribution < 1.29 is 40.9 Å². The molecule has 1 fully saturated rings. The van der Waals surface area contributed by atoms with Gasteiger partial charge in [0.05, 0.1) is 17.8 Å². The van der Waals surface area contributed by atoms with Gasteiger partial charge in [-0.3, -0.25) is 4.79 Å². The van der Waals surface area contributed by atoms with Crippen molar-refractivity contribution in [1.29, 1.82) is 0 Å². The van der Waals surface area contributed by atoms with Gasteiger partial charge in [0, 0.05) is 0 Å². The van der Waals surface area contributed by atoms with E-state index in [1.54, 1.807) is 20.8 Å². The fourth-order valence-corrected chi connectivity index (χ4v) is 6.43. The topological polar surface area (TPSA) is 158 Å². The summed E-state index contributed by atoms with van der Waals surface area (Å²) in [7, 11) is -7.83. The third-order valence-electron chi connectivity index (χ3n) is 5.55. The summed E-state index contributed by atoms with van der Waals surface area (Å²) >= 11 is 0. The van der Waals surface area contributed by atoms with E-state index < -0.39 is 71.8 Å². The van der Waals surface area contributed by atoms with Gasteiger partial charge in [-0.1, -0.05) is 0 Å². The molecule has 0 spiro atoms. The van der Waals surface area contributed by atoms with E-state index in [1.165, 1.54) is 20.8 Å². The monoisotopic (exact) mass is 555 g/mol. The van der Waals surface area contributed by atoms with Gasteiger partial charge in [-0.05, 0) is 41.5 Å². The Hall–Kier alpha value is -2.05. The average molecular weight is 556 g/mol. The number of sulfone groups is 1. The van der Waals surface area contributed by atoms with Crippen molar-refractivity contribution in [2.45, 2.75) is 81.6 Å². The van der Waals surface area contributed by atoms with Gasteiger partial charge < -0.3 is 29.3 Å². The number of H-pyrrole nitrogens is 1. The first kappa shape index (κ1) is 27.0. The van der Waals surface area contributed by atoms with Crippen molar-refractivity contribution in [3.05, 3.63) is 10.4 Å². The Kier molecular flexibility index (Phi) is 6.17. The molecule has 2 aromatic rings. The maximum absolute atomic E-state index is 14.0. The van der Waals surface area contributed by atoms with Crippen molar-refractivity contribution >= 4 is 42.1 Å². The molecule has 4 rings (SSSR count). The normalized spacial score (nSPS) is 27.8. The number of hydrogen-bond acceptors (Lipinski definition) is 10. The van der Waals surface area contributed by atoms with Crippen LogP contribution in [-0.2, 0) is 24.0 Å². The van der Waals surface area contributed by atoms with Crippen LogP contribution in [-0.4, -0.2) is 83.2 Å². The van der Waals surface area contributed by atoms with Gasteiger partial charge in [0.1, 0.15) is 17.7 Å². The highest BCUT2D eigenvalue weighted by atomic mass is 32.2. The molecule has 0 aliphatic carbocycles. The Bertz CT molecular complexity index is 1350. The van der Waals surface area contributed by atoms with Crippen molar-refractivity contribution in [1.82, 2.24) is 19.5 Å². The predicted molar refractivity (Wildman–Crippen MR) is 124 cm³/mol. The highest BCUT2D eigenvalue weighted by molar-refractivity contribution is 7.93. The highest BCUT2D eigenvalue weighted by Gasteiger charge is 2.73. The minimum atomic E-state index is -6.43. The van der Waals surface area contributed by atoms with Crippen LogP contribution in [0, 0.1) is 0 Å². The zero-order valence-electron chi connectivity index (χ0n) is 20.4. The van der Waals surface area contributed by atoms with E-state index in [0.29, 0.717) is 10.0 Å². The molecule has 12 nitrogen and oxygen atoms in total. The molecule has 2 aromatic heterocycles. The maximum Gasteiger partial charge on any atom is 0.500 e. The van der Waals surface area contributed by atoms with Gasteiger partial charge in [-0.15, -0.1) is 0 Å². The number of alkyl halides is 3. The van der Waals surface area contributed by atoms with Crippen LogP contribution in [0.15, 0.2) is 4.79 Å². The summed E-state index contributed by atoms with van der Waals surface area (Å²) in [6.07, 6.45) is -5.98. The standard InChI is InChI=1S/C19H28F3N5O7SSi/c1-16(2,3)32-7-8-10(34-17(4,5)6)18(29,35(30,31)19(20,21)22)13(33-8)27-12(28)9-11-24-14(27)26-36-15(23-9)25-11/h8,10,13,29H,7,36H2,1-6H3,(H,23,25)(H,24,26)/t8-,10-,13?,18-/m1/s1. The first-order valence-corrected chi connectivity index (χ1v) is 13.9. The molecule has 1 unspecified atom stereocenters. The molecule has 4 atom stereocenters. The van der Waals surface area contributed by atoms with E-state index in [0.717, 1.165) is 0 Å². The Morgan fingerprint density at radius 1 is 1.17 bits per heavy atom. The molecular formula is C19H28F3N5O7SSi. The maximum atomic E-state index is 14.0. The van der Waals surface area contributed by atoms with Gasteiger partial charge in [0.15, 0.2) is 27.1 Å². The van der Waals surface area contributed by atoms with E-state index >= 15 is 0 Å². The van der Waals surface area contributed by atoms with Crippen LogP contribution in [0.4, 0.5) is 19.1 Å². The fourth-order valence-electron chi connectivity index (χ4n) is 4.06. The molecule has 202 valence electrons. The quantitative estimate of drug-likeness (QED) is 0.421. The van der Waals surface area contributed by atoms with Crippen molar-refractivity contribution in [2.75, 3.05) is 11.6 Å². The number of hydrogen-bond donors (Lipinski definition) is 3. The lowest BCUT2D eigenvalue weighted by molar-refractivity contribution is -0.146. The minimum Gasteiger partial charge on any atom is -0.379 e. The van der Waals surface area contributed by atoms with E-state index in [1.807, 2.05) is 0 Å². The lowest BCUT2D eigenvalue weighted by Gasteiger charge is -2.37. The summed E-state index contributed by atoms with van der Waals surface area (Å²) in [4.78, 5) is 23.5. The van der Waals surface area contributed by atoms with E-state index in [2.05, 4.69) is 19.9 Å². The van der Waals surface area contributed by atoms with Crippen molar-refractivity contribution in [3.63, 3.8) is 0 Å². The first-order chi connectivity index (χ1) is 16.3. The first-order valence-electron chi connectivity index (χ1n) is 11.0. The Labute approximate surface area is 206 Å². The molecular weight excluding hydrogens is 527 g/mol. The molecule has 3 bridgehead atoms. The third-order valence-corrected chi connectivity index (χ3v) is 8.62. The van der Waals surface area contributed by atoms with Crippen LogP contribution in [0.3, 0.4) is 0 Å². The number of rotatable bonds is 5. The number of nitrogens with one attached hydrogen (secondary N) is 2. The summed E-state index contributed by atoms with van der Waals surface area (Å²) < 4.78 is 85.7. The predicted octanol–water partition coefficient (Wildman–Crippen LogP) is -0.226. The smallest absolute Gasteiger partial charge is 0.379 e. The molecule has 0 amide bonds. The van der Waals surface area contributed by atoms with Crippen LogP contribution >= 0.6 is 0 Å². The lowest BCUT2D eigenvalue weighted by atomic mass is 10.1. The fraction of sp³-hybridized carbons (Fsp3) is 0.737. The Balaban J connectivity index is 1.97. The molecule has 1 saturated heterocycles. The number of aliphatic hydroxyl groups is 1. The highest BCUT2D eigenvalue weighted by Crippen LogP contribution is 2.50. The zero-order chi connectivity index (χ0) is 27.1.